The Morgan fingerprint density at radius 1 is 1.29 bits per heavy atom. The van der Waals surface area contributed by atoms with Gasteiger partial charge in [0.05, 0.1) is 5.69 Å². The molecule has 0 aliphatic rings. The van der Waals surface area contributed by atoms with Crippen molar-refractivity contribution in [1.82, 2.24) is 4.90 Å². The van der Waals surface area contributed by atoms with Crippen molar-refractivity contribution in [3.05, 3.63) is 29.6 Å². The molecule has 7 heteroatoms. The summed E-state index contributed by atoms with van der Waals surface area (Å²) in [5.41, 5.74) is 0.0431. The zero-order chi connectivity index (χ0) is 18.3. The second kappa shape index (κ2) is 9.00. The summed E-state index contributed by atoms with van der Waals surface area (Å²) in [4.78, 5) is 36.0. The summed E-state index contributed by atoms with van der Waals surface area (Å²) in [6.07, 6.45) is 0.855. The van der Waals surface area contributed by atoms with Gasteiger partial charge in [0.1, 0.15) is 12.4 Å². The van der Waals surface area contributed by atoms with Crippen LogP contribution in [0.1, 0.15) is 44.0 Å². The predicted molar refractivity (Wildman–Crippen MR) is 88.3 cm³/mol. The van der Waals surface area contributed by atoms with Gasteiger partial charge in [-0.05, 0) is 30.5 Å². The van der Waals surface area contributed by atoms with E-state index in [0.717, 1.165) is 11.0 Å². The number of nitrogens with zero attached hydrogens (tertiary/aromatic N) is 1. The van der Waals surface area contributed by atoms with Gasteiger partial charge in [-0.25, -0.2) is 4.39 Å². The molecule has 1 rings (SSSR count). The summed E-state index contributed by atoms with van der Waals surface area (Å²) >= 11 is 0. The fourth-order valence-electron chi connectivity index (χ4n) is 2.19. The quantitative estimate of drug-likeness (QED) is 0.763. The summed E-state index contributed by atoms with van der Waals surface area (Å²) in [5.74, 6) is -2.58. The number of anilines is 1. The topological polar surface area (TPSA) is 86.7 Å². The summed E-state index contributed by atoms with van der Waals surface area (Å²) in [7, 11) is 0. The van der Waals surface area contributed by atoms with Crippen LogP contribution in [0.3, 0.4) is 0 Å². The van der Waals surface area contributed by atoms with Crippen molar-refractivity contribution in [2.75, 3.05) is 18.4 Å². The van der Waals surface area contributed by atoms with Gasteiger partial charge < -0.3 is 15.3 Å². The van der Waals surface area contributed by atoms with Crippen molar-refractivity contribution in [1.29, 1.82) is 0 Å². The van der Waals surface area contributed by atoms with Gasteiger partial charge in [0, 0.05) is 18.5 Å². The van der Waals surface area contributed by atoms with E-state index in [0.29, 0.717) is 6.42 Å². The molecule has 0 saturated carbocycles. The van der Waals surface area contributed by atoms with Gasteiger partial charge >= 0.3 is 5.97 Å². The van der Waals surface area contributed by atoms with Gasteiger partial charge in [-0.3, -0.25) is 14.4 Å². The van der Waals surface area contributed by atoms with Crippen LogP contribution >= 0.6 is 0 Å². The van der Waals surface area contributed by atoms with E-state index in [2.05, 4.69) is 5.32 Å². The van der Waals surface area contributed by atoms with Gasteiger partial charge in [-0.2, -0.15) is 0 Å². The first kappa shape index (κ1) is 19.6. The lowest BCUT2D eigenvalue weighted by molar-refractivity contribution is -0.137. The molecule has 0 unspecified atom stereocenters. The molecule has 0 atom stereocenters. The minimum Gasteiger partial charge on any atom is -0.480 e. The number of nitrogens with one attached hydrogen (secondary N) is 1. The van der Waals surface area contributed by atoms with Gasteiger partial charge in [-0.1, -0.05) is 20.8 Å². The summed E-state index contributed by atoms with van der Waals surface area (Å²) in [6.45, 7) is 5.39. The molecule has 1 aromatic carbocycles. The first-order valence-electron chi connectivity index (χ1n) is 7.85. The monoisotopic (exact) mass is 338 g/mol. The third-order valence-corrected chi connectivity index (χ3v) is 3.19. The zero-order valence-corrected chi connectivity index (χ0v) is 14.1. The molecule has 24 heavy (non-hydrogen) atoms. The van der Waals surface area contributed by atoms with Gasteiger partial charge in [-0.15, -0.1) is 0 Å². The molecule has 2 amide bonds. The predicted octanol–water partition coefficient (Wildman–Crippen LogP) is 2.75. The summed E-state index contributed by atoms with van der Waals surface area (Å²) < 4.78 is 14.1. The Balaban J connectivity index is 2.90. The Bertz CT molecular complexity index is 617. The highest BCUT2D eigenvalue weighted by molar-refractivity contribution is 5.97. The van der Waals surface area contributed by atoms with Crippen LogP contribution < -0.4 is 5.32 Å². The number of hydrogen-bond acceptors (Lipinski definition) is 3. The van der Waals surface area contributed by atoms with E-state index in [-0.39, 0.29) is 36.0 Å². The van der Waals surface area contributed by atoms with Gasteiger partial charge in [0.2, 0.25) is 5.91 Å². The highest BCUT2D eigenvalue weighted by Crippen LogP contribution is 2.18. The molecular weight excluding hydrogens is 315 g/mol. The Kier molecular flexibility index (Phi) is 7.35. The van der Waals surface area contributed by atoms with Crippen molar-refractivity contribution >= 4 is 23.5 Å². The highest BCUT2D eigenvalue weighted by Gasteiger charge is 2.19. The van der Waals surface area contributed by atoms with E-state index < -0.39 is 24.2 Å². The number of rotatable bonds is 8. The molecule has 0 saturated heterocycles. The Morgan fingerprint density at radius 3 is 2.46 bits per heavy atom. The molecule has 0 heterocycles. The van der Waals surface area contributed by atoms with E-state index in [1.165, 1.54) is 12.1 Å². The van der Waals surface area contributed by atoms with Crippen LogP contribution in [0.5, 0.6) is 0 Å². The number of amides is 2. The van der Waals surface area contributed by atoms with E-state index in [4.69, 9.17) is 5.11 Å². The highest BCUT2D eigenvalue weighted by atomic mass is 19.1. The standard InChI is InChI=1S/C17H23FN2O4/c1-4-7-20(10-16(22)23)17(24)12-5-6-14(13(18)9-12)19-15(21)8-11(2)3/h5-6,9,11H,4,7-8,10H2,1-3H3,(H,19,21)(H,22,23). The van der Waals surface area contributed by atoms with Crippen LogP contribution in [0, 0.1) is 11.7 Å². The van der Waals surface area contributed by atoms with Crippen molar-refractivity contribution in [2.45, 2.75) is 33.6 Å². The lowest BCUT2D eigenvalue weighted by atomic mass is 10.1. The van der Waals surface area contributed by atoms with E-state index in [1.807, 2.05) is 20.8 Å². The lowest BCUT2D eigenvalue weighted by Crippen LogP contribution is -2.36. The average Bonchev–Trinajstić information content (AvgIpc) is 2.47. The van der Waals surface area contributed by atoms with E-state index in [1.54, 1.807) is 0 Å². The maximum absolute atomic E-state index is 14.1. The first-order valence-corrected chi connectivity index (χ1v) is 7.85. The van der Waals surface area contributed by atoms with E-state index >= 15 is 0 Å². The normalized spacial score (nSPS) is 10.5. The third kappa shape index (κ3) is 5.98. The number of carboxylic acids is 1. The van der Waals surface area contributed by atoms with Crippen molar-refractivity contribution < 1.29 is 23.9 Å². The minimum absolute atomic E-state index is 0.00234. The molecule has 0 bridgehead atoms. The molecule has 6 nitrogen and oxygen atoms in total. The van der Waals surface area contributed by atoms with Crippen LogP contribution in [0.15, 0.2) is 18.2 Å². The minimum atomic E-state index is -1.13. The van der Waals surface area contributed by atoms with Crippen LogP contribution in [-0.4, -0.2) is 40.9 Å². The summed E-state index contributed by atoms with van der Waals surface area (Å²) in [5, 5.41) is 11.3. The van der Waals surface area contributed by atoms with Gasteiger partial charge in [0.25, 0.3) is 5.91 Å². The largest absolute Gasteiger partial charge is 0.480 e. The molecular formula is C17H23FN2O4. The molecule has 0 aliphatic carbocycles. The SMILES string of the molecule is CCCN(CC(=O)O)C(=O)c1ccc(NC(=O)CC(C)C)c(F)c1. The smallest absolute Gasteiger partial charge is 0.323 e. The number of carbonyl (C=O) groups is 3. The van der Waals surface area contributed by atoms with E-state index in [9.17, 15) is 18.8 Å². The first-order chi connectivity index (χ1) is 11.2. The van der Waals surface area contributed by atoms with Crippen LogP contribution in [0.25, 0.3) is 0 Å². The molecule has 2 N–H and O–H groups in total. The second-order valence-corrected chi connectivity index (χ2v) is 5.96. The maximum atomic E-state index is 14.1. The number of carbonyl (C=O) groups excluding carboxylic acids is 2. The fraction of sp³-hybridized carbons (Fsp3) is 0.471. The summed E-state index contributed by atoms with van der Waals surface area (Å²) in [6, 6.07) is 3.70. The number of aliphatic carboxylic acids is 1. The van der Waals surface area contributed by atoms with Gasteiger partial charge in [0.15, 0.2) is 0 Å². The molecule has 1 aromatic rings. The molecule has 132 valence electrons. The Morgan fingerprint density at radius 2 is 1.96 bits per heavy atom. The molecule has 0 spiro atoms. The second-order valence-electron chi connectivity index (χ2n) is 5.96. The molecule has 0 fully saturated rings. The maximum Gasteiger partial charge on any atom is 0.323 e. The lowest BCUT2D eigenvalue weighted by Gasteiger charge is -2.20. The van der Waals surface area contributed by atoms with Crippen molar-refractivity contribution in [3.8, 4) is 0 Å². The number of hydrogen-bond donors (Lipinski definition) is 2. The molecule has 0 aromatic heterocycles. The average molecular weight is 338 g/mol. The number of halogens is 1. The van der Waals surface area contributed by atoms with Crippen LogP contribution in [0.4, 0.5) is 10.1 Å². The van der Waals surface area contributed by atoms with Crippen LogP contribution in [0.2, 0.25) is 0 Å². The third-order valence-electron chi connectivity index (χ3n) is 3.19. The Labute approximate surface area is 140 Å². The number of benzene rings is 1. The van der Waals surface area contributed by atoms with Crippen LogP contribution in [-0.2, 0) is 9.59 Å². The molecule has 0 radical (unpaired) electrons. The Hall–Kier alpha value is -2.44. The fourth-order valence-corrected chi connectivity index (χ4v) is 2.19. The van der Waals surface area contributed by atoms with Crippen molar-refractivity contribution in [3.63, 3.8) is 0 Å². The molecule has 0 aliphatic heterocycles. The van der Waals surface area contributed by atoms with Crippen molar-refractivity contribution in [2.24, 2.45) is 5.92 Å². The zero-order valence-electron chi connectivity index (χ0n) is 14.1. The number of carboxylic acid groups (broad SMARTS) is 1.